The van der Waals surface area contributed by atoms with E-state index in [0.717, 1.165) is 5.56 Å². The standard InChI is InChI=1S/C34H39FN2O9/c1-4-42-20-29(38)43-21-44-32-28(41-3)17-18-36-30(32)33(39)37-27-12-8-9-24(19-23-13-15-25(35)16-14-23)31(22(2)45-34(27)40)46-26-10-6-5-7-11-26/h5-7,10-11,13-18,22,24,27,31H,4,8-9,12,19-21H2,1-3H3,(H,37,39)/t22-,24+,27-,31-/m0/s1. The Morgan fingerprint density at radius 3 is 2.54 bits per heavy atom. The first-order valence-electron chi connectivity index (χ1n) is 15.2. The highest BCUT2D eigenvalue weighted by Crippen LogP contribution is 2.31. The maximum absolute atomic E-state index is 13.6. The third-order valence-corrected chi connectivity index (χ3v) is 7.46. The fraction of sp³-hybridized carbons (Fsp3) is 0.412. The van der Waals surface area contributed by atoms with Gasteiger partial charge in [-0.1, -0.05) is 36.8 Å². The van der Waals surface area contributed by atoms with Crippen molar-refractivity contribution in [2.45, 2.75) is 57.8 Å². The van der Waals surface area contributed by atoms with Gasteiger partial charge in [0.15, 0.2) is 17.2 Å². The number of aromatic nitrogens is 1. The van der Waals surface area contributed by atoms with Gasteiger partial charge in [0, 0.05) is 24.8 Å². The quantitative estimate of drug-likeness (QED) is 0.208. The Kier molecular flexibility index (Phi) is 12.7. The Labute approximate surface area is 267 Å². The molecular weight excluding hydrogens is 599 g/mol. The number of carbonyl (C=O) groups is 3. The van der Waals surface area contributed by atoms with Crippen LogP contribution in [0.1, 0.15) is 49.2 Å². The van der Waals surface area contributed by atoms with Crippen molar-refractivity contribution in [3.63, 3.8) is 0 Å². The minimum Gasteiger partial charge on any atom is -0.493 e. The number of benzene rings is 2. The SMILES string of the molecule is CCOCC(=O)OCOc1c(OC)ccnc1C(=O)N[C@H]1CCC[C@H](Cc2ccc(F)cc2)[C@@H](Oc2ccccc2)[C@H](C)OC1=O. The predicted molar refractivity (Wildman–Crippen MR) is 164 cm³/mol. The number of cyclic esters (lactones) is 1. The number of amides is 1. The predicted octanol–water partition coefficient (Wildman–Crippen LogP) is 4.67. The average molecular weight is 639 g/mol. The molecule has 2 heterocycles. The normalized spacial score (nSPS) is 19.9. The number of pyridine rings is 1. The number of nitrogens with zero attached hydrogens (tertiary/aromatic N) is 1. The van der Waals surface area contributed by atoms with Crippen LogP contribution < -0.4 is 19.5 Å². The zero-order chi connectivity index (χ0) is 32.9. The second-order valence-electron chi connectivity index (χ2n) is 10.7. The summed E-state index contributed by atoms with van der Waals surface area (Å²) in [6, 6.07) is 16.1. The van der Waals surface area contributed by atoms with Crippen molar-refractivity contribution < 1.29 is 47.2 Å². The Balaban J connectivity index is 1.50. The number of methoxy groups -OCH3 is 1. The first-order chi connectivity index (χ1) is 22.3. The molecule has 46 heavy (non-hydrogen) atoms. The van der Waals surface area contributed by atoms with E-state index in [-0.39, 0.29) is 42.0 Å². The van der Waals surface area contributed by atoms with Gasteiger partial charge < -0.3 is 33.7 Å². The molecule has 0 unspecified atom stereocenters. The van der Waals surface area contributed by atoms with Crippen molar-refractivity contribution in [2.24, 2.45) is 5.92 Å². The summed E-state index contributed by atoms with van der Waals surface area (Å²) in [5.41, 5.74) is 0.760. The van der Waals surface area contributed by atoms with E-state index in [1.165, 1.54) is 31.5 Å². The largest absolute Gasteiger partial charge is 0.493 e. The molecule has 1 aromatic heterocycles. The number of para-hydroxylation sites is 1. The number of hydrogen-bond acceptors (Lipinski definition) is 10. The topological polar surface area (TPSA) is 132 Å². The lowest BCUT2D eigenvalue weighted by atomic mass is 9.86. The lowest BCUT2D eigenvalue weighted by Gasteiger charge is -2.31. The smallest absolute Gasteiger partial charge is 0.334 e. The molecule has 11 nitrogen and oxygen atoms in total. The Morgan fingerprint density at radius 2 is 1.83 bits per heavy atom. The third-order valence-electron chi connectivity index (χ3n) is 7.46. The maximum atomic E-state index is 13.6. The van der Waals surface area contributed by atoms with E-state index in [2.05, 4.69) is 10.3 Å². The van der Waals surface area contributed by atoms with Crippen molar-refractivity contribution in [1.82, 2.24) is 10.3 Å². The second kappa shape index (κ2) is 17.1. The number of carbonyl (C=O) groups excluding carboxylic acids is 3. The fourth-order valence-corrected chi connectivity index (χ4v) is 5.20. The van der Waals surface area contributed by atoms with E-state index >= 15 is 0 Å². The molecule has 12 heteroatoms. The van der Waals surface area contributed by atoms with Crippen LogP contribution in [0.2, 0.25) is 0 Å². The van der Waals surface area contributed by atoms with E-state index in [1.807, 2.05) is 30.3 Å². The monoisotopic (exact) mass is 638 g/mol. The molecule has 0 aliphatic carbocycles. The molecule has 0 saturated carbocycles. The second-order valence-corrected chi connectivity index (χ2v) is 10.7. The third kappa shape index (κ3) is 9.64. The van der Waals surface area contributed by atoms with Gasteiger partial charge in [0.1, 0.15) is 36.4 Å². The number of ether oxygens (including phenoxy) is 6. The van der Waals surface area contributed by atoms with E-state index in [1.54, 1.807) is 26.0 Å². The van der Waals surface area contributed by atoms with Crippen molar-refractivity contribution in [1.29, 1.82) is 0 Å². The first-order valence-corrected chi connectivity index (χ1v) is 15.2. The number of esters is 2. The van der Waals surface area contributed by atoms with Gasteiger partial charge >= 0.3 is 11.9 Å². The molecule has 3 aromatic rings. The number of rotatable bonds is 13. The Morgan fingerprint density at radius 1 is 1.07 bits per heavy atom. The molecule has 0 radical (unpaired) electrons. The molecule has 0 spiro atoms. The minimum atomic E-state index is -0.998. The molecule has 4 atom stereocenters. The number of halogens is 1. The van der Waals surface area contributed by atoms with Gasteiger partial charge in [-0.3, -0.25) is 4.79 Å². The van der Waals surface area contributed by atoms with Crippen LogP contribution in [-0.4, -0.2) is 68.2 Å². The average Bonchev–Trinajstić information content (AvgIpc) is 3.10. The van der Waals surface area contributed by atoms with Crippen molar-refractivity contribution in [3.05, 3.63) is 83.9 Å². The zero-order valence-corrected chi connectivity index (χ0v) is 26.1. The summed E-state index contributed by atoms with van der Waals surface area (Å²) in [6.07, 6.45) is 2.20. The number of nitrogens with one attached hydrogen (secondary N) is 1. The van der Waals surface area contributed by atoms with Crippen LogP contribution in [-0.2, 0) is 30.2 Å². The summed E-state index contributed by atoms with van der Waals surface area (Å²) < 4.78 is 46.8. The summed E-state index contributed by atoms with van der Waals surface area (Å²) in [5, 5.41) is 2.73. The molecule has 1 aliphatic heterocycles. The van der Waals surface area contributed by atoms with Gasteiger partial charge in [0.05, 0.1) is 7.11 Å². The van der Waals surface area contributed by atoms with Crippen LogP contribution in [0.15, 0.2) is 66.9 Å². The fourth-order valence-electron chi connectivity index (χ4n) is 5.20. The maximum Gasteiger partial charge on any atom is 0.334 e. The minimum absolute atomic E-state index is 0.0628. The summed E-state index contributed by atoms with van der Waals surface area (Å²) in [4.78, 5) is 42.9. The highest BCUT2D eigenvalue weighted by Gasteiger charge is 2.36. The molecule has 1 N–H and O–H groups in total. The van der Waals surface area contributed by atoms with E-state index in [9.17, 15) is 18.8 Å². The number of hydrogen-bond donors (Lipinski definition) is 1. The highest BCUT2D eigenvalue weighted by molar-refractivity contribution is 5.98. The molecule has 1 amide bonds. The lowest BCUT2D eigenvalue weighted by Crippen LogP contribution is -2.45. The van der Waals surface area contributed by atoms with Gasteiger partial charge in [0.2, 0.25) is 6.79 Å². The molecule has 0 bridgehead atoms. The molecule has 1 saturated heterocycles. The summed E-state index contributed by atoms with van der Waals surface area (Å²) in [5.74, 6) is -1.65. The van der Waals surface area contributed by atoms with Crippen LogP contribution in [0.5, 0.6) is 17.2 Å². The van der Waals surface area contributed by atoms with Crippen LogP contribution in [0.25, 0.3) is 0 Å². The van der Waals surface area contributed by atoms with Gasteiger partial charge in [-0.15, -0.1) is 0 Å². The highest BCUT2D eigenvalue weighted by atomic mass is 19.1. The molecule has 4 rings (SSSR count). The van der Waals surface area contributed by atoms with Crippen molar-refractivity contribution >= 4 is 17.8 Å². The van der Waals surface area contributed by atoms with Gasteiger partial charge in [0.25, 0.3) is 5.91 Å². The Hall–Kier alpha value is -4.71. The van der Waals surface area contributed by atoms with Gasteiger partial charge in [-0.25, -0.2) is 19.0 Å². The Bertz CT molecular complexity index is 1440. The summed E-state index contributed by atoms with van der Waals surface area (Å²) >= 11 is 0. The molecule has 1 aliphatic rings. The van der Waals surface area contributed by atoms with Crippen LogP contribution in [0.4, 0.5) is 4.39 Å². The molecular formula is C34H39FN2O9. The lowest BCUT2D eigenvalue weighted by molar-refractivity contribution is -0.156. The van der Waals surface area contributed by atoms with Crippen molar-refractivity contribution in [3.8, 4) is 17.2 Å². The van der Waals surface area contributed by atoms with Crippen LogP contribution in [0.3, 0.4) is 0 Å². The van der Waals surface area contributed by atoms with Crippen molar-refractivity contribution in [2.75, 3.05) is 27.1 Å². The molecule has 1 fully saturated rings. The van der Waals surface area contributed by atoms with Gasteiger partial charge in [-0.05, 0) is 62.9 Å². The molecule has 246 valence electrons. The van der Waals surface area contributed by atoms with E-state index in [4.69, 9.17) is 28.4 Å². The summed E-state index contributed by atoms with van der Waals surface area (Å²) in [7, 11) is 1.39. The molecule has 2 aromatic carbocycles. The van der Waals surface area contributed by atoms with E-state index < -0.39 is 42.9 Å². The van der Waals surface area contributed by atoms with Crippen LogP contribution in [0, 0.1) is 11.7 Å². The van der Waals surface area contributed by atoms with Crippen LogP contribution >= 0.6 is 0 Å². The van der Waals surface area contributed by atoms with E-state index in [0.29, 0.717) is 31.6 Å². The first kappa shape index (κ1) is 34.2. The van der Waals surface area contributed by atoms with Gasteiger partial charge in [-0.2, -0.15) is 0 Å². The summed E-state index contributed by atoms with van der Waals surface area (Å²) in [6.45, 7) is 3.08. The zero-order valence-electron chi connectivity index (χ0n) is 26.1.